The molecule has 0 saturated carbocycles. The van der Waals surface area contributed by atoms with E-state index in [4.69, 9.17) is 14.7 Å². The Morgan fingerprint density at radius 2 is 1.63 bits per heavy atom. The summed E-state index contributed by atoms with van der Waals surface area (Å²) in [5.41, 5.74) is 4.27. The second-order valence-corrected chi connectivity index (χ2v) is 8.73. The molecular weight excluding hydrogens is 440 g/mol. The fraction of sp³-hybridized carbons (Fsp3) is 0.250. The smallest absolute Gasteiger partial charge is 0.150 e. The Bertz CT molecular complexity index is 1160. The molecular formula is C24H23BrN4O. The summed E-state index contributed by atoms with van der Waals surface area (Å²) in [7, 11) is 0. The van der Waals surface area contributed by atoms with Crippen molar-refractivity contribution >= 4 is 32.8 Å². The predicted octanol–water partition coefficient (Wildman–Crippen LogP) is 5.46. The summed E-state index contributed by atoms with van der Waals surface area (Å²) in [5, 5.41) is 1.08. The van der Waals surface area contributed by atoms with Crippen LogP contribution in [0.25, 0.3) is 27.8 Å². The number of morpholine rings is 1. The van der Waals surface area contributed by atoms with Crippen molar-refractivity contribution in [3.8, 4) is 16.8 Å². The molecule has 2 unspecified atom stereocenters. The minimum absolute atomic E-state index is 0.160. The zero-order valence-corrected chi connectivity index (χ0v) is 18.6. The number of rotatable bonds is 3. The predicted molar refractivity (Wildman–Crippen MR) is 124 cm³/mol. The van der Waals surface area contributed by atoms with Gasteiger partial charge in [0, 0.05) is 35.0 Å². The van der Waals surface area contributed by atoms with Crippen LogP contribution in [0.3, 0.4) is 0 Å². The molecule has 0 radical (unpaired) electrons. The number of ether oxygens (including phenoxy) is 1. The Kier molecular flexibility index (Phi) is 5.05. The van der Waals surface area contributed by atoms with Crippen LogP contribution in [0.15, 0.2) is 71.6 Å². The summed E-state index contributed by atoms with van der Waals surface area (Å²) < 4.78 is 9.16. The molecule has 2 aromatic carbocycles. The summed E-state index contributed by atoms with van der Waals surface area (Å²) >= 11 is 3.53. The van der Waals surface area contributed by atoms with Crippen molar-refractivity contribution in [2.45, 2.75) is 26.1 Å². The van der Waals surface area contributed by atoms with Gasteiger partial charge in [0.05, 0.1) is 17.6 Å². The van der Waals surface area contributed by atoms with Crippen LogP contribution in [0.5, 0.6) is 0 Å². The Hall–Kier alpha value is -2.70. The van der Waals surface area contributed by atoms with E-state index in [0.29, 0.717) is 0 Å². The topological polar surface area (TPSA) is 43.2 Å². The lowest BCUT2D eigenvalue weighted by atomic mass is 10.1. The number of nitrogens with zero attached hydrogens (tertiary/aromatic N) is 4. The molecule has 0 aliphatic carbocycles. The molecule has 2 atom stereocenters. The number of anilines is 1. The first-order valence-corrected chi connectivity index (χ1v) is 11.0. The van der Waals surface area contributed by atoms with Gasteiger partial charge in [0.25, 0.3) is 0 Å². The zero-order chi connectivity index (χ0) is 20.7. The average Bonchev–Trinajstić information content (AvgIpc) is 3.14. The molecule has 2 aromatic heterocycles. The molecule has 0 bridgehead atoms. The van der Waals surface area contributed by atoms with E-state index in [1.807, 2.05) is 6.07 Å². The van der Waals surface area contributed by atoms with E-state index in [-0.39, 0.29) is 12.2 Å². The molecule has 1 saturated heterocycles. The third-order valence-electron chi connectivity index (χ3n) is 5.47. The van der Waals surface area contributed by atoms with Crippen molar-refractivity contribution in [3.63, 3.8) is 0 Å². The standard InChI is InChI=1S/C24H23BrN4O/c1-16-12-28(13-17(2)30-16)23-22-21(18-6-4-3-5-7-18)14-29(24(22)27-15-26-23)20-10-8-19(25)9-11-20/h3-11,14-17H,12-13H2,1-2H3. The highest BCUT2D eigenvalue weighted by Gasteiger charge is 2.27. The molecule has 0 N–H and O–H groups in total. The van der Waals surface area contributed by atoms with E-state index < -0.39 is 0 Å². The van der Waals surface area contributed by atoms with Crippen LogP contribution in [0, 0.1) is 0 Å². The van der Waals surface area contributed by atoms with Gasteiger partial charge in [0.2, 0.25) is 0 Å². The highest BCUT2D eigenvalue weighted by Crippen LogP contribution is 2.37. The van der Waals surface area contributed by atoms with Crippen LogP contribution in [-0.2, 0) is 4.74 Å². The van der Waals surface area contributed by atoms with Gasteiger partial charge in [-0.2, -0.15) is 0 Å². The van der Waals surface area contributed by atoms with Crippen LogP contribution >= 0.6 is 15.9 Å². The number of benzene rings is 2. The molecule has 0 spiro atoms. The molecule has 30 heavy (non-hydrogen) atoms. The summed E-state index contributed by atoms with van der Waals surface area (Å²) in [5.74, 6) is 0.969. The summed E-state index contributed by atoms with van der Waals surface area (Å²) in [6.07, 6.45) is 4.17. The molecule has 5 nitrogen and oxygen atoms in total. The quantitative estimate of drug-likeness (QED) is 0.405. The zero-order valence-electron chi connectivity index (χ0n) is 17.0. The van der Waals surface area contributed by atoms with E-state index in [9.17, 15) is 0 Å². The fourth-order valence-corrected chi connectivity index (χ4v) is 4.54. The molecule has 1 fully saturated rings. The second kappa shape index (κ2) is 7.85. The monoisotopic (exact) mass is 462 g/mol. The Morgan fingerprint density at radius 3 is 2.33 bits per heavy atom. The van der Waals surface area contributed by atoms with Crippen LogP contribution in [-0.4, -0.2) is 39.8 Å². The van der Waals surface area contributed by atoms with Gasteiger partial charge < -0.3 is 14.2 Å². The number of aromatic nitrogens is 3. The van der Waals surface area contributed by atoms with E-state index in [1.54, 1.807) is 6.33 Å². The van der Waals surface area contributed by atoms with Crippen LogP contribution < -0.4 is 4.90 Å². The number of hydrogen-bond acceptors (Lipinski definition) is 4. The number of fused-ring (bicyclic) bond motifs is 1. The number of hydrogen-bond donors (Lipinski definition) is 0. The van der Waals surface area contributed by atoms with E-state index in [1.165, 1.54) is 0 Å². The minimum atomic E-state index is 0.160. The number of halogens is 1. The maximum Gasteiger partial charge on any atom is 0.150 e. The molecule has 3 heterocycles. The van der Waals surface area contributed by atoms with E-state index >= 15 is 0 Å². The summed E-state index contributed by atoms with van der Waals surface area (Å²) in [6.45, 7) is 5.86. The van der Waals surface area contributed by atoms with Crippen molar-refractivity contribution in [2.24, 2.45) is 0 Å². The fourth-order valence-electron chi connectivity index (χ4n) is 4.27. The van der Waals surface area contributed by atoms with Crippen molar-refractivity contribution in [3.05, 3.63) is 71.6 Å². The van der Waals surface area contributed by atoms with Crippen molar-refractivity contribution in [1.29, 1.82) is 0 Å². The van der Waals surface area contributed by atoms with Gasteiger partial charge in [-0.15, -0.1) is 0 Å². The van der Waals surface area contributed by atoms with Crippen molar-refractivity contribution in [2.75, 3.05) is 18.0 Å². The molecule has 4 aromatic rings. The van der Waals surface area contributed by atoms with Gasteiger partial charge in [0.15, 0.2) is 5.65 Å². The molecule has 152 valence electrons. The summed E-state index contributed by atoms with van der Waals surface area (Å²) in [6, 6.07) is 18.8. The first kappa shape index (κ1) is 19.3. The molecule has 6 heteroatoms. The van der Waals surface area contributed by atoms with Crippen molar-refractivity contribution < 1.29 is 4.74 Å². The first-order chi connectivity index (χ1) is 14.6. The third kappa shape index (κ3) is 3.50. The van der Waals surface area contributed by atoms with Crippen LogP contribution in [0.4, 0.5) is 5.82 Å². The SMILES string of the molecule is CC1CN(c2ncnc3c2c(-c2ccccc2)cn3-c2ccc(Br)cc2)CC(C)O1. The Morgan fingerprint density at radius 1 is 0.933 bits per heavy atom. The Labute approximate surface area is 184 Å². The van der Waals surface area contributed by atoms with Gasteiger partial charge >= 0.3 is 0 Å². The highest BCUT2D eigenvalue weighted by molar-refractivity contribution is 9.10. The average molecular weight is 463 g/mol. The largest absolute Gasteiger partial charge is 0.372 e. The lowest BCUT2D eigenvalue weighted by molar-refractivity contribution is -0.00537. The van der Waals surface area contributed by atoms with Gasteiger partial charge in [-0.05, 0) is 43.7 Å². The summed E-state index contributed by atoms with van der Waals surface area (Å²) in [4.78, 5) is 11.8. The highest BCUT2D eigenvalue weighted by atomic mass is 79.9. The van der Waals surface area contributed by atoms with Gasteiger partial charge in [-0.3, -0.25) is 0 Å². The second-order valence-electron chi connectivity index (χ2n) is 7.81. The minimum Gasteiger partial charge on any atom is -0.372 e. The molecule has 5 rings (SSSR count). The molecule has 1 aliphatic heterocycles. The normalized spacial score (nSPS) is 19.4. The van der Waals surface area contributed by atoms with E-state index in [2.05, 4.69) is 94.0 Å². The molecule has 1 aliphatic rings. The Balaban J connectivity index is 1.75. The van der Waals surface area contributed by atoms with E-state index in [0.717, 1.165) is 51.2 Å². The lowest BCUT2D eigenvalue weighted by Gasteiger charge is -2.36. The van der Waals surface area contributed by atoms with Gasteiger partial charge in [0.1, 0.15) is 12.1 Å². The van der Waals surface area contributed by atoms with Crippen LogP contribution in [0.1, 0.15) is 13.8 Å². The first-order valence-electron chi connectivity index (χ1n) is 10.2. The van der Waals surface area contributed by atoms with Gasteiger partial charge in [-0.1, -0.05) is 46.3 Å². The lowest BCUT2D eigenvalue weighted by Crippen LogP contribution is -2.46. The van der Waals surface area contributed by atoms with Crippen LogP contribution in [0.2, 0.25) is 0 Å². The van der Waals surface area contributed by atoms with Gasteiger partial charge in [-0.25, -0.2) is 9.97 Å². The maximum absolute atomic E-state index is 5.96. The maximum atomic E-state index is 5.96. The third-order valence-corrected chi connectivity index (χ3v) is 6.00. The molecule has 0 amide bonds. The van der Waals surface area contributed by atoms with Crippen molar-refractivity contribution in [1.82, 2.24) is 14.5 Å².